The Morgan fingerprint density at radius 3 is 2.56 bits per heavy atom. The van der Waals surface area contributed by atoms with Crippen LogP contribution in [-0.2, 0) is 0 Å². The van der Waals surface area contributed by atoms with Crippen LogP contribution in [0.15, 0.2) is 10.3 Å². The van der Waals surface area contributed by atoms with Gasteiger partial charge in [-0.05, 0) is 0 Å². The molecule has 0 aliphatic heterocycles. The summed E-state index contributed by atoms with van der Waals surface area (Å²) in [6.45, 7) is 0. The lowest BCUT2D eigenvalue weighted by atomic mass is 10.9. The third-order valence-electron chi connectivity index (χ3n) is 0.731. The van der Waals surface area contributed by atoms with Gasteiger partial charge in [0.05, 0.1) is 7.05 Å². The lowest BCUT2D eigenvalue weighted by molar-refractivity contribution is 0.209. The van der Waals surface area contributed by atoms with E-state index < -0.39 is 0 Å². The molecule has 0 spiro atoms. The number of nitrogens with one attached hydrogen (secondary N) is 1. The van der Waals surface area contributed by atoms with Crippen LogP contribution in [0, 0.1) is 0 Å². The van der Waals surface area contributed by atoms with E-state index in [0.29, 0.717) is 0 Å². The van der Waals surface area contributed by atoms with E-state index >= 15 is 0 Å². The Labute approximate surface area is 53.7 Å². The lowest BCUT2D eigenvalue weighted by Crippen LogP contribution is -2.30. The third kappa shape index (κ3) is 2.63. The van der Waals surface area contributed by atoms with Crippen molar-refractivity contribution in [3.8, 4) is 0 Å². The van der Waals surface area contributed by atoms with Gasteiger partial charge in [-0.1, -0.05) is 5.22 Å². The van der Waals surface area contributed by atoms with Gasteiger partial charge in [0.15, 0.2) is 0 Å². The van der Waals surface area contributed by atoms with Crippen molar-refractivity contribution in [2.45, 2.75) is 0 Å². The summed E-state index contributed by atoms with van der Waals surface area (Å²) in [5.41, 5.74) is 0. The van der Waals surface area contributed by atoms with Crippen molar-refractivity contribution in [2.24, 2.45) is 10.3 Å². The van der Waals surface area contributed by atoms with E-state index in [2.05, 4.69) is 15.7 Å². The maximum atomic E-state index is 10.6. The van der Waals surface area contributed by atoms with Crippen LogP contribution in [-0.4, -0.2) is 32.2 Å². The molecular weight excluding hydrogens is 120 g/mol. The van der Waals surface area contributed by atoms with E-state index in [-0.39, 0.29) is 6.03 Å². The minimum Gasteiger partial charge on any atom is -0.340 e. The molecule has 0 aromatic carbocycles. The molecule has 0 saturated heterocycles. The highest BCUT2D eigenvalue weighted by molar-refractivity contribution is 5.72. The average molecular weight is 130 g/mol. The fourth-order valence-corrected chi connectivity index (χ4v) is 0.337. The van der Waals surface area contributed by atoms with Crippen LogP contribution in [0.3, 0.4) is 0 Å². The zero-order valence-corrected chi connectivity index (χ0v) is 5.75. The molecular formula is C4H10N4O. The molecule has 0 rings (SSSR count). The molecule has 0 aliphatic rings. The number of hydrogen-bond acceptors (Lipinski definition) is 3. The molecule has 5 heteroatoms. The first-order valence-corrected chi connectivity index (χ1v) is 2.47. The number of hydrogen-bond donors (Lipinski definition) is 1. The third-order valence-corrected chi connectivity index (χ3v) is 0.731. The van der Waals surface area contributed by atoms with E-state index in [1.807, 2.05) is 0 Å². The Bertz CT molecular complexity index is 122. The largest absolute Gasteiger partial charge is 0.340 e. The highest BCUT2D eigenvalue weighted by Crippen LogP contribution is 1.82. The summed E-state index contributed by atoms with van der Waals surface area (Å²) < 4.78 is 0. The maximum Gasteiger partial charge on any atom is 0.338 e. The lowest BCUT2D eigenvalue weighted by Gasteiger charge is -2.05. The molecule has 0 fully saturated rings. The summed E-state index contributed by atoms with van der Waals surface area (Å²) in [5.74, 6) is 0. The highest BCUT2D eigenvalue weighted by atomic mass is 16.2. The molecule has 0 atom stereocenters. The quantitative estimate of drug-likeness (QED) is 0.401. The zero-order valence-electron chi connectivity index (χ0n) is 5.75. The van der Waals surface area contributed by atoms with Gasteiger partial charge in [-0.2, -0.15) is 5.11 Å². The normalized spacial score (nSPS) is 9.67. The molecule has 1 N–H and O–H groups in total. The molecule has 5 nitrogen and oxygen atoms in total. The number of rotatable bonds is 1. The molecule has 0 aliphatic carbocycles. The Kier molecular flexibility index (Phi) is 3.34. The SMILES string of the molecule is CN=NN(C)C(=O)NC. The van der Waals surface area contributed by atoms with Crippen LogP contribution in [0.4, 0.5) is 4.79 Å². The molecule has 2 amide bonds. The van der Waals surface area contributed by atoms with Gasteiger partial charge >= 0.3 is 6.03 Å². The smallest absolute Gasteiger partial charge is 0.338 e. The standard InChI is InChI=1S/C4H10N4O/c1-5-4(9)8(3)7-6-2/h1-3H3,(H,5,9). The van der Waals surface area contributed by atoms with Crippen LogP contribution in [0.5, 0.6) is 0 Å². The maximum absolute atomic E-state index is 10.6. The average Bonchev–Trinajstić information content (AvgIpc) is 1.87. The number of carbonyl (C=O) groups excluding carboxylic acids is 1. The van der Waals surface area contributed by atoms with Gasteiger partial charge in [-0.25, -0.2) is 9.80 Å². The topological polar surface area (TPSA) is 57.1 Å². The summed E-state index contributed by atoms with van der Waals surface area (Å²) >= 11 is 0. The molecule has 0 saturated carbocycles. The number of amides is 2. The van der Waals surface area contributed by atoms with Crippen LogP contribution in [0.25, 0.3) is 0 Å². The van der Waals surface area contributed by atoms with Crippen molar-refractivity contribution in [2.75, 3.05) is 21.1 Å². The summed E-state index contributed by atoms with van der Waals surface area (Å²) in [6, 6.07) is -0.277. The van der Waals surface area contributed by atoms with Gasteiger partial charge in [-0.3, -0.25) is 0 Å². The van der Waals surface area contributed by atoms with Gasteiger partial charge < -0.3 is 5.32 Å². The molecule has 0 heterocycles. The summed E-state index contributed by atoms with van der Waals surface area (Å²) in [4.78, 5) is 10.6. The van der Waals surface area contributed by atoms with Crippen LogP contribution < -0.4 is 5.32 Å². The minimum absolute atomic E-state index is 0.277. The molecule has 52 valence electrons. The van der Waals surface area contributed by atoms with Crippen molar-refractivity contribution in [1.29, 1.82) is 0 Å². The van der Waals surface area contributed by atoms with Crippen molar-refractivity contribution in [1.82, 2.24) is 10.3 Å². The van der Waals surface area contributed by atoms with E-state index in [0.717, 1.165) is 5.01 Å². The Morgan fingerprint density at radius 1 is 1.67 bits per heavy atom. The zero-order chi connectivity index (χ0) is 7.28. The monoisotopic (exact) mass is 130 g/mol. The van der Waals surface area contributed by atoms with Crippen LogP contribution >= 0.6 is 0 Å². The molecule has 0 aromatic heterocycles. The van der Waals surface area contributed by atoms with Crippen LogP contribution in [0.2, 0.25) is 0 Å². The van der Waals surface area contributed by atoms with E-state index in [1.54, 1.807) is 0 Å². The first-order chi connectivity index (χ1) is 4.22. The number of urea groups is 1. The fraction of sp³-hybridized carbons (Fsp3) is 0.750. The molecule has 0 radical (unpaired) electrons. The van der Waals surface area contributed by atoms with Gasteiger partial charge in [-0.15, -0.1) is 0 Å². The molecule has 0 unspecified atom stereocenters. The first kappa shape index (κ1) is 7.87. The Morgan fingerprint density at radius 2 is 2.22 bits per heavy atom. The summed E-state index contributed by atoms with van der Waals surface area (Å²) in [7, 11) is 4.55. The van der Waals surface area contributed by atoms with E-state index in [4.69, 9.17) is 0 Å². The van der Waals surface area contributed by atoms with Crippen molar-refractivity contribution in [3.05, 3.63) is 0 Å². The second-order valence-electron chi connectivity index (χ2n) is 1.37. The van der Waals surface area contributed by atoms with Crippen LogP contribution in [0.1, 0.15) is 0 Å². The van der Waals surface area contributed by atoms with Gasteiger partial charge in [0, 0.05) is 14.1 Å². The molecule has 9 heavy (non-hydrogen) atoms. The predicted octanol–water partition coefficient (Wildman–Crippen LogP) is 0.255. The van der Waals surface area contributed by atoms with Crippen molar-refractivity contribution >= 4 is 6.03 Å². The minimum atomic E-state index is -0.277. The number of nitrogens with zero attached hydrogens (tertiary/aromatic N) is 3. The fourth-order valence-electron chi connectivity index (χ4n) is 0.337. The molecule has 0 aromatic rings. The summed E-state index contributed by atoms with van der Waals surface area (Å²) in [5, 5.41) is 10.3. The van der Waals surface area contributed by atoms with Gasteiger partial charge in [0.2, 0.25) is 0 Å². The van der Waals surface area contributed by atoms with Crippen molar-refractivity contribution in [3.63, 3.8) is 0 Å². The molecule has 0 bridgehead atoms. The van der Waals surface area contributed by atoms with Gasteiger partial charge in [0.1, 0.15) is 0 Å². The predicted molar refractivity (Wildman–Crippen MR) is 33.0 cm³/mol. The van der Waals surface area contributed by atoms with E-state index in [9.17, 15) is 4.79 Å². The van der Waals surface area contributed by atoms with Gasteiger partial charge in [0.25, 0.3) is 0 Å². The van der Waals surface area contributed by atoms with E-state index in [1.165, 1.54) is 21.1 Å². The number of carbonyl (C=O) groups is 1. The second-order valence-corrected chi connectivity index (χ2v) is 1.37. The summed E-state index contributed by atoms with van der Waals surface area (Å²) in [6.07, 6.45) is 0. The first-order valence-electron chi connectivity index (χ1n) is 2.47. The van der Waals surface area contributed by atoms with Crippen molar-refractivity contribution < 1.29 is 4.79 Å². The second kappa shape index (κ2) is 3.82. The Balaban J connectivity index is 3.72. The Hall–Kier alpha value is -1.13. The highest BCUT2D eigenvalue weighted by Gasteiger charge is 2.00.